The molecule has 0 aliphatic carbocycles. The average molecular weight is 520 g/mol. The van der Waals surface area contributed by atoms with Crippen molar-refractivity contribution in [2.45, 2.75) is 23.9 Å². The molecule has 0 aliphatic rings. The minimum atomic E-state index is -0.511. The number of nitrogens with zero attached hydrogens (tertiary/aromatic N) is 4. The summed E-state index contributed by atoms with van der Waals surface area (Å²) >= 11 is 1.46. The number of nitro benzene ring substituents is 1. The van der Waals surface area contributed by atoms with Crippen LogP contribution in [0.2, 0.25) is 0 Å². The van der Waals surface area contributed by atoms with Gasteiger partial charge in [0.05, 0.1) is 25.2 Å². The molecule has 0 spiro atoms. The number of thioether (sulfide) groups is 1. The molecule has 11 heteroatoms. The molecule has 4 rings (SSSR count). The summed E-state index contributed by atoms with van der Waals surface area (Å²) in [5.74, 6) is 2.21. The van der Waals surface area contributed by atoms with Gasteiger partial charge in [0, 0.05) is 29.1 Å². The van der Waals surface area contributed by atoms with Gasteiger partial charge in [-0.25, -0.2) is 0 Å². The lowest BCUT2D eigenvalue weighted by Crippen LogP contribution is -2.28. The Morgan fingerprint density at radius 3 is 2.38 bits per heavy atom. The van der Waals surface area contributed by atoms with Gasteiger partial charge in [0.2, 0.25) is 0 Å². The van der Waals surface area contributed by atoms with Crippen molar-refractivity contribution < 1.29 is 19.2 Å². The van der Waals surface area contributed by atoms with Gasteiger partial charge in [0.1, 0.15) is 11.5 Å². The van der Waals surface area contributed by atoms with Crippen LogP contribution in [-0.4, -0.2) is 39.8 Å². The van der Waals surface area contributed by atoms with Gasteiger partial charge in [-0.1, -0.05) is 23.9 Å². The third-order valence-electron chi connectivity index (χ3n) is 5.57. The van der Waals surface area contributed by atoms with E-state index in [0.29, 0.717) is 33.7 Å². The number of nitro groups is 1. The summed E-state index contributed by atoms with van der Waals surface area (Å²) in [7, 11) is 3.18. The molecule has 0 fully saturated rings. The smallest absolute Gasteiger partial charge is 0.269 e. The largest absolute Gasteiger partial charge is 0.497 e. The van der Waals surface area contributed by atoms with Crippen LogP contribution in [0.25, 0.3) is 5.69 Å². The van der Waals surface area contributed by atoms with Gasteiger partial charge in [0.15, 0.2) is 11.0 Å². The number of nitrogens with one attached hydrogen (secondary N) is 1. The van der Waals surface area contributed by atoms with Crippen LogP contribution in [0.3, 0.4) is 0 Å². The molecule has 37 heavy (non-hydrogen) atoms. The Balaban J connectivity index is 1.62. The molecule has 0 saturated carbocycles. The molecular formula is C26H25N5O5S. The van der Waals surface area contributed by atoms with Crippen molar-refractivity contribution in [1.82, 2.24) is 20.1 Å². The quantitative estimate of drug-likeness (QED) is 0.177. The van der Waals surface area contributed by atoms with Gasteiger partial charge in [-0.2, -0.15) is 0 Å². The third-order valence-corrected chi connectivity index (χ3v) is 6.57. The Morgan fingerprint density at radius 2 is 1.73 bits per heavy atom. The van der Waals surface area contributed by atoms with Crippen molar-refractivity contribution in [3.05, 3.63) is 99.9 Å². The fraction of sp³-hybridized carbons (Fsp3) is 0.192. The van der Waals surface area contributed by atoms with E-state index in [2.05, 4.69) is 15.5 Å². The van der Waals surface area contributed by atoms with E-state index in [1.807, 2.05) is 31.2 Å². The minimum absolute atomic E-state index is 0.0233. The maximum atomic E-state index is 12.9. The van der Waals surface area contributed by atoms with E-state index in [1.165, 1.54) is 23.9 Å². The van der Waals surface area contributed by atoms with Gasteiger partial charge in [-0.15, -0.1) is 10.2 Å². The minimum Gasteiger partial charge on any atom is -0.497 e. The van der Waals surface area contributed by atoms with Crippen molar-refractivity contribution in [2.75, 3.05) is 14.2 Å². The predicted octanol–water partition coefficient (Wildman–Crippen LogP) is 4.98. The number of carbonyl (C=O) groups excluding carboxylic acids is 1. The van der Waals surface area contributed by atoms with E-state index in [4.69, 9.17) is 9.47 Å². The molecule has 10 nitrogen and oxygen atoms in total. The fourth-order valence-electron chi connectivity index (χ4n) is 3.62. The fourth-order valence-corrected chi connectivity index (χ4v) is 4.52. The maximum Gasteiger partial charge on any atom is 0.269 e. The summed E-state index contributed by atoms with van der Waals surface area (Å²) in [5, 5.41) is 23.4. The molecule has 0 saturated heterocycles. The number of rotatable bonds is 10. The van der Waals surface area contributed by atoms with Gasteiger partial charge >= 0.3 is 0 Å². The van der Waals surface area contributed by atoms with Crippen molar-refractivity contribution >= 4 is 23.4 Å². The second kappa shape index (κ2) is 11.6. The highest BCUT2D eigenvalue weighted by molar-refractivity contribution is 7.98. The highest BCUT2D eigenvalue weighted by Gasteiger charge is 2.22. The highest BCUT2D eigenvalue weighted by Crippen LogP contribution is 2.29. The predicted molar refractivity (Wildman–Crippen MR) is 139 cm³/mol. The molecule has 1 N–H and O–H groups in total. The van der Waals surface area contributed by atoms with E-state index >= 15 is 0 Å². The standard InChI is InChI=1S/C26H25N5O5S/c1-17(27-25(32)19-7-13-22(35-2)14-8-19)24-28-29-26(37-16-18-5-4-6-23(15-18)36-3)30(24)20-9-11-21(12-10-20)31(33)34/h4-15,17H,16H2,1-3H3,(H,27,32). The summed E-state index contributed by atoms with van der Waals surface area (Å²) in [6, 6.07) is 20.1. The number of ether oxygens (including phenoxy) is 2. The van der Waals surface area contributed by atoms with Crippen molar-refractivity contribution in [3.8, 4) is 17.2 Å². The van der Waals surface area contributed by atoms with Gasteiger partial charge in [0.25, 0.3) is 11.6 Å². The molecule has 3 aromatic carbocycles. The topological polar surface area (TPSA) is 121 Å². The number of aromatic nitrogens is 3. The molecular weight excluding hydrogens is 494 g/mol. The number of carbonyl (C=O) groups is 1. The zero-order valence-corrected chi connectivity index (χ0v) is 21.3. The summed E-state index contributed by atoms with van der Waals surface area (Å²) < 4.78 is 12.3. The van der Waals surface area contributed by atoms with Gasteiger partial charge in [-0.05, 0) is 61.0 Å². The van der Waals surface area contributed by atoms with Crippen molar-refractivity contribution in [3.63, 3.8) is 0 Å². The normalized spacial score (nSPS) is 11.5. The molecule has 190 valence electrons. The number of benzene rings is 3. The molecule has 4 aromatic rings. The number of amides is 1. The van der Waals surface area contributed by atoms with E-state index in [-0.39, 0.29) is 11.6 Å². The maximum absolute atomic E-state index is 12.9. The zero-order valence-electron chi connectivity index (χ0n) is 20.5. The first-order chi connectivity index (χ1) is 17.9. The first-order valence-electron chi connectivity index (χ1n) is 11.3. The Labute approximate surface area is 217 Å². The lowest BCUT2D eigenvalue weighted by atomic mass is 10.2. The zero-order chi connectivity index (χ0) is 26.4. The number of hydrogen-bond acceptors (Lipinski definition) is 8. The first kappa shape index (κ1) is 25.7. The molecule has 0 aliphatic heterocycles. The van der Waals surface area contributed by atoms with Crippen LogP contribution < -0.4 is 14.8 Å². The molecule has 1 heterocycles. The molecule has 1 aromatic heterocycles. The molecule has 1 atom stereocenters. The summed E-state index contributed by atoms with van der Waals surface area (Å²) in [6.07, 6.45) is 0. The third kappa shape index (κ3) is 6.07. The Bertz CT molecular complexity index is 1390. The lowest BCUT2D eigenvalue weighted by molar-refractivity contribution is -0.384. The second-order valence-electron chi connectivity index (χ2n) is 8.01. The van der Waals surface area contributed by atoms with Crippen LogP contribution in [0.5, 0.6) is 11.5 Å². The lowest BCUT2D eigenvalue weighted by Gasteiger charge is -2.16. The first-order valence-corrected chi connectivity index (χ1v) is 12.3. The average Bonchev–Trinajstić information content (AvgIpc) is 3.36. The van der Waals surface area contributed by atoms with Crippen LogP contribution in [-0.2, 0) is 5.75 Å². The van der Waals surface area contributed by atoms with Crippen LogP contribution in [0.4, 0.5) is 5.69 Å². The van der Waals surface area contributed by atoms with E-state index in [1.54, 1.807) is 55.2 Å². The Kier molecular flexibility index (Phi) is 8.04. The number of methoxy groups -OCH3 is 2. The molecule has 0 radical (unpaired) electrons. The van der Waals surface area contributed by atoms with Gasteiger partial charge in [-0.3, -0.25) is 19.5 Å². The summed E-state index contributed by atoms with van der Waals surface area (Å²) in [4.78, 5) is 23.6. The Morgan fingerprint density at radius 1 is 1.03 bits per heavy atom. The van der Waals surface area contributed by atoms with Crippen LogP contribution in [0.15, 0.2) is 78.0 Å². The van der Waals surface area contributed by atoms with E-state index in [9.17, 15) is 14.9 Å². The number of hydrogen-bond donors (Lipinski definition) is 1. The summed E-state index contributed by atoms with van der Waals surface area (Å²) in [5.41, 5.74) is 2.13. The van der Waals surface area contributed by atoms with Gasteiger partial charge < -0.3 is 14.8 Å². The van der Waals surface area contributed by atoms with Crippen LogP contribution >= 0.6 is 11.8 Å². The van der Waals surface area contributed by atoms with Crippen molar-refractivity contribution in [2.24, 2.45) is 0 Å². The van der Waals surface area contributed by atoms with E-state index in [0.717, 1.165) is 11.3 Å². The van der Waals surface area contributed by atoms with Crippen molar-refractivity contribution in [1.29, 1.82) is 0 Å². The SMILES string of the molecule is COc1ccc(C(=O)NC(C)c2nnc(SCc3cccc(OC)c3)n2-c2ccc([N+](=O)[O-])cc2)cc1. The molecule has 0 bridgehead atoms. The number of non-ortho nitro benzene ring substituents is 1. The van der Waals surface area contributed by atoms with E-state index < -0.39 is 11.0 Å². The highest BCUT2D eigenvalue weighted by atomic mass is 32.2. The summed E-state index contributed by atoms with van der Waals surface area (Å²) in [6.45, 7) is 1.81. The monoisotopic (exact) mass is 519 g/mol. The van der Waals surface area contributed by atoms with Crippen LogP contribution in [0, 0.1) is 10.1 Å². The Hall–Kier alpha value is -4.38. The molecule has 1 unspecified atom stereocenters. The molecule has 1 amide bonds. The second-order valence-corrected chi connectivity index (χ2v) is 8.96. The van der Waals surface area contributed by atoms with Crippen LogP contribution in [0.1, 0.15) is 34.7 Å².